The first-order valence-electron chi connectivity index (χ1n) is 13.1. The van der Waals surface area contributed by atoms with Crippen LogP contribution in [0.3, 0.4) is 0 Å². The third-order valence-electron chi connectivity index (χ3n) is 10.4. The molecule has 28 heavy (non-hydrogen) atoms. The van der Waals surface area contributed by atoms with Gasteiger partial charge in [0.05, 0.1) is 0 Å². The predicted octanol–water partition coefficient (Wildman–Crippen LogP) is 8.95. The molecule has 166 valence electrons. The maximum atomic E-state index is 2.65. The lowest BCUT2D eigenvalue weighted by Gasteiger charge is -2.55. The average molecular weight is 391 g/mol. The summed E-state index contributed by atoms with van der Waals surface area (Å²) in [5.41, 5.74) is 0. The van der Waals surface area contributed by atoms with E-state index in [1.807, 2.05) is 0 Å². The van der Waals surface area contributed by atoms with Crippen LogP contribution in [0.5, 0.6) is 0 Å². The zero-order valence-electron chi connectivity index (χ0n) is 21.2. The third kappa shape index (κ3) is 5.00. The fourth-order valence-corrected chi connectivity index (χ4v) is 7.55. The van der Waals surface area contributed by atoms with E-state index in [4.69, 9.17) is 0 Å². The molecule has 0 amide bonds. The van der Waals surface area contributed by atoms with E-state index >= 15 is 0 Å². The lowest BCUT2D eigenvalue weighted by atomic mass is 9.50. The predicted molar refractivity (Wildman–Crippen MR) is 126 cm³/mol. The smallest absolute Gasteiger partial charge is 0.0326 e. The molecule has 2 rings (SSSR count). The lowest BCUT2D eigenvalue weighted by Crippen LogP contribution is -2.49. The van der Waals surface area contributed by atoms with Crippen molar-refractivity contribution in [1.29, 1.82) is 0 Å². The first-order chi connectivity index (χ1) is 13.1. The van der Waals surface area contributed by atoms with Gasteiger partial charge < -0.3 is 0 Å². The second-order valence-electron chi connectivity index (χ2n) is 11.9. The van der Waals surface area contributed by atoms with Crippen LogP contribution in [0, 0.1) is 71.0 Å². The Kier molecular flexibility index (Phi) is 8.97. The normalized spacial score (nSPS) is 38.2. The minimum Gasteiger partial charge on any atom is -0.0651 e. The quantitative estimate of drug-likeness (QED) is 0.330. The van der Waals surface area contributed by atoms with Crippen LogP contribution in [0.4, 0.5) is 0 Å². The topological polar surface area (TPSA) is 0 Å². The van der Waals surface area contributed by atoms with Crippen molar-refractivity contribution in [3.8, 4) is 0 Å². The molecule has 11 unspecified atom stereocenters. The highest BCUT2D eigenvalue weighted by atomic mass is 14.5. The van der Waals surface area contributed by atoms with Crippen LogP contribution in [0.2, 0.25) is 0 Å². The van der Waals surface area contributed by atoms with Crippen LogP contribution in [-0.2, 0) is 0 Å². The molecule has 0 spiro atoms. The van der Waals surface area contributed by atoms with Crippen molar-refractivity contribution in [1.82, 2.24) is 0 Å². The molecule has 2 aliphatic rings. The number of rotatable bonds is 11. The Morgan fingerprint density at radius 1 is 0.857 bits per heavy atom. The molecule has 0 nitrogen and oxygen atoms in total. The van der Waals surface area contributed by atoms with E-state index in [0.29, 0.717) is 0 Å². The van der Waals surface area contributed by atoms with Crippen molar-refractivity contribution in [3.05, 3.63) is 0 Å². The second kappa shape index (κ2) is 10.3. The molecule has 0 heterocycles. The van der Waals surface area contributed by atoms with Gasteiger partial charge in [0.25, 0.3) is 0 Å². The van der Waals surface area contributed by atoms with E-state index in [1.54, 1.807) is 0 Å². The molecule has 11 atom stereocenters. The first-order valence-corrected chi connectivity index (χ1v) is 13.1. The summed E-state index contributed by atoms with van der Waals surface area (Å²) < 4.78 is 0. The molecule has 2 saturated carbocycles. The van der Waals surface area contributed by atoms with E-state index in [9.17, 15) is 0 Å². The van der Waals surface area contributed by atoms with Gasteiger partial charge in [-0.3, -0.25) is 0 Å². The highest BCUT2D eigenvalue weighted by molar-refractivity contribution is 4.97. The molecule has 0 saturated heterocycles. The summed E-state index contributed by atoms with van der Waals surface area (Å²) in [4.78, 5) is 0. The fraction of sp³-hybridized carbons (Fsp3) is 1.00. The summed E-state index contributed by atoms with van der Waals surface area (Å²) in [5, 5.41) is 0. The minimum atomic E-state index is 0.834. The van der Waals surface area contributed by atoms with Crippen molar-refractivity contribution in [2.24, 2.45) is 71.0 Å². The zero-order chi connectivity index (χ0) is 21.2. The third-order valence-corrected chi connectivity index (χ3v) is 10.4. The Morgan fingerprint density at radius 2 is 1.50 bits per heavy atom. The van der Waals surface area contributed by atoms with Gasteiger partial charge in [0.2, 0.25) is 0 Å². The Hall–Kier alpha value is 0. The van der Waals surface area contributed by atoms with Crippen molar-refractivity contribution in [2.45, 2.75) is 108 Å². The summed E-state index contributed by atoms with van der Waals surface area (Å²) in [5.74, 6) is 11.1. The van der Waals surface area contributed by atoms with Gasteiger partial charge in [-0.15, -0.1) is 0 Å². The van der Waals surface area contributed by atoms with Gasteiger partial charge in [0.1, 0.15) is 0 Å². The van der Waals surface area contributed by atoms with Crippen LogP contribution >= 0.6 is 0 Å². The standard InChI is InChI=1S/C28H54/c1-11-24(17(3)4)15-19(6)27(16-25-14-13-18(25)5)21(8)23(10)28-22(9)20(7)26(28)12-2/h17-28H,11-16H2,1-10H3. The largest absolute Gasteiger partial charge is 0.0651 e. The molecular formula is C28H54. The Bertz CT molecular complexity index is 451. The number of hydrogen-bond donors (Lipinski definition) is 0. The molecule has 0 aromatic carbocycles. The SMILES string of the molecule is CCC(CC(C)C(CC1CCC1C)C(C)C(C)C1C(C)C(C)C1CC)C(C)C. The summed E-state index contributed by atoms with van der Waals surface area (Å²) in [6, 6.07) is 0. The van der Waals surface area contributed by atoms with Crippen molar-refractivity contribution in [3.63, 3.8) is 0 Å². The maximum absolute atomic E-state index is 2.65. The molecular weight excluding hydrogens is 336 g/mol. The van der Waals surface area contributed by atoms with E-state index in [0.717, 1.165) is 71.0 Å². The minimum absolute atomic E-state index is 0.834. The monoisotopic (exact) mass is 390 g/mol. The second-order valence-corrected chi connectivity index (χ2v) is 11.9. The van der Waals surface area contributed by atoms with E-state index in [1.165, 1.54) is 38.5 Å². The summed E-state index contributed by atoms with van der Waals surface area (Å²) in [6.07, 6.45) is 8.68. The molecule has 0 radical (unpaired) electrons. The van der Waals surface area contributed by atoms with Gasteiger partial charge in [-0.2, -0.15) is 0 Å². The van der Waals surface area contributed by atoms with Gasteiger partial charge in [-0.25, -0.2) is 0 Å². The molecule has 2 aliphatic carbocycles. The Balaban J connectivity index is 2.12. The van der Waals surface area contributed by atoms with Gasteiger partial charge in [0.15, 0.2) is 0 Å². The zero-order valence-corrected chi connectivity index (χ0v) is 21.2. The summed E-state index contributed by atoms with van der Waals surface area (Å²) >= 11 is 0. The Morgan fingerprint density at radius 3 is 1.93 bits per heavy atom. The number of hydrogen-bond acceptors (Lipinski definition) is 0. The van der Waals surface area contributed by atoms with Gasteiger partial charge in [-0.05, 0) is 90.3 Å². The van der Waals surface area contributed by atoms with Crippen LogP contribution in [-0.4, -0.2) is 0 Å². The van der Waals surface area contributed by atoms with Gasteiger partial charge >= 0.3 is 0 Å². The van der Waals surface area contributed by atoms with E-state index < -0.39 is 0 Å². The summed E-state index contributed by atoms with van der Waals surface area (Å²) in [7, 11) is 0. The molecule has 0 aromatic rings. The first kappa shape index (κ1) is 24.3. The van der Waals surface area contributed by atoms with Gasteiger partial charge in [0, 0.05) is 0 Å². The van der Waals surface area contributed by atoms with E-state index in [2.05, 4.69) is 69.2 Å². The molecule has 2 fully saturated rings. The molecule has 0 N–H and O–H groups in total. The van der Waals surface area contributed by atoms with Crippen LogP contribution in [0.1, 0.15) is 108 Å². The van der Waals surface area contributed by atoms with Crippen LogP contribution in [0.25, 0.3) is 0 Å². The maximum Gasteiger partial charge on any atom is -0.0326 e. The van der Waals surface area contributed by atoms with Crippen molar-refractivity contribution < 1.29 is 0 Å². The van der Waals surface area contributed by atoms with Crippen LogP contribution in [0.15, 0.2) is 0 Å². The lowest BCUT2D eigenvalue weighted by molar-refractivity contribution is -0.0668. The van der Waals surface area contributed by atoms with E-state index in [-0.39, 0.29) is 0 Å². The average Bonchev–Trinajstić information content (AvgIpc) is 2.66. The Labute approximate surface area is 179 Å². The van der Waals surface area contributed by atoms with Crippen molar-refractivity contribution >= 4 is 0 Å². The summed E-state index contributed by atoms with van der Waals surface area (Å²) in [6.45, 7) is 25.2. The van der Waals surface area contributed by atoms with Crippen LogP contribution < -0.4 is 0 Å². The molecule has 0 aromatic heterocycles. The molecule has 0 heteroatoms. The molecule has 0 aliphatic heterocycles. The highest BCUT2D eigenvalue weighted by Gasteiger charge is 2.48. The molecule has 0 bridgehead atoms. The fourth-order valence-electron chi connectivity index (χ4n) is 7.55. The van der Waals surface area contributed by atoms with Crippen molar-refractivity contribution in [2.75, 3.05) is 0 Å². The highest BCUT2D eigenvalue weighted by Crippen LogP contribution is 2.55. The van der Waals surface area contributed by atoms with Gasteiger partial charge in [-0.1, -0.05) is 88.5 Å².